The quantitative estimate of drug-likeness (QED) is 0.807. The van der Waals surface area contributed by atoms with Crippen LogP contribution in [-0.2, 0) is 13.0 Å². The van der Waals surface area contributed by atoms with E-state index in [2.05, 4.69) is 4.98 Å². The van der Waals surface area contributed by atoms with Crippen LogP contribution in [0, 0.1) is 11.7 Å². The molecule has 0 amide bonds. The van der Waals surface area contributed by atoms with Gasteiger partial charge in [-0.15, -0.1) is 0 Å². The number of imidazole rings is 1. The van der Waals surface area contributed by atoms with Crippen LogP contribution >= 0.6 is 12.2 Å². The number of hydrogen-bond donors (Lipinski definition) is 1. The summed E-state index contributed by atoms with van der Waals surface area (Å²) in [6.07, 6.45) is 5.83. The minimum atomic E-state index is 0.783. The number of nitrogens with one attached hydrogen (secondary N) is 1. The fourth-order valence-electron chi connectivity index (χ4n) is 1.57. The molecule has 0 unspecified atom stereocenters. The third-order valence-electron chi connectivity index (χ3n) is 2.34. The summed E-state index contributed by atoms with van der Waals surface area (Å²) in [6.45, 7) is 2.90. The third kappa shape index (κ3) is 2.59. The van der Waals surface area contributed by atoms with Gasteiger partial charge in [-0.1, -0.05) is 0 Å². The van der Waals surface area contributed by atoms with Gasteiger partial charge in [-0.3, -0.25) is 0 Å². The smallest absolute Gasteiger partial charge is 0.177 e. The van der Waals surface area contributed by atoms with Crippen molar-refractivity contribution >= 4 is 12.2 Å². The van der Waals surface area contributed by atoms with Crippen LogP contribution in [0.2, 0.25) is 0 Å². The predicted octanol–water partition coefficient (Wildman–Crippen LogP) is 3.08. The lowest BCUT2D eigenvalue weighted by molar-refractivity contribution is 0.468. The minimum absolute atomic E-state index is 0.783. The maximum atomic E-state index is 5.49. The van der Waals surface area contributed by atoms with Crippen LogP contribution in [0.1, 0.15) is 17.9 Å². The first-order valence-corrected chi connectivity index (χ1v) is 5.45. The SMILES string of the molecule is Cc1ccc(CCCn2cc[nH]c2=S)o1. The summed E-state index contributed by atoms with van der Waals surface area (Å²) in [5.41, 5.74) is 0. The Morgan fingerprint density at radius 2 is 2.33 bits per heavy atom. The molecule has 2 aromatic rings. The maximum Gasteiger partial charge on any atom is 0.177 e. The lowest BCUT2D eigenvalue weighted by atomic mass is 10.2. The highest BCUT2D eigenvalue weighted by Gasteiger charge is 1.99. The first-order chi connectivity index (χ1) is 7.25. The van der Waals surface area contributed by atoms with Gasteiger partial charge in [0.2, 0.25) is 0 Å². The number of furan rings is 1. The topological polar surface area (TPSA) is 33.9 Å². The van der Waals surface area contributed by atoms with E-state index in [4.69, 9.17) is 16.6 Å². The predicted molar refractivity (Wildman–Crippen MR) is 61.4 cm³/mol. The van der Waals surface area contributed by atoms with Crippen molar-refractivity contribution in [3.8, 4) is 0 Å². The second-order valence-electron chi connectivity index (χ2n) is 3.57. The summed E-state index contributed by atoms with van der Waals surface area (Å²) in [7, 11) is 0. The van der Waals surface area contributed by atoms with E-state index in [0.29, 0.717) is 0 Å². The van der Waals surface area contributed by atoms with E-state index in [1.807, 2.05) is 36.0 Å². The van der Waals surface area contributed by atoms with Crippen molar-refractivity contribution < 1.29 is 4.42 Å². The molecular weight excluding hydrogens is 208 g/mol. The molecule has 0 fully saturated rings. The monoisotopic (exact) mass is 222 g/mol. The molecule has 2 aromatic heterocycles. The lowest BCUT2D eigenvalue weighted by Gasteiger charge is -2.00. The molecule has 15 heavy (non-hydrogen) atoms. The van der Waals surface area contributed by atoms with Crippen molar-refractivity contribution in [3.05, 3.63) is 40.8 Å². The number of aromatic nitrogens is 2. The van der Waals surface area contributed by atoms with Crippen LogP contribution in [0.25, 0.3) is 0 Å². The molecule has 0 atom stereocenters. The molecule has 2 rings (SSSR count). The van der Waals surface area contributed by atoms with Crippen molar-refractivity contribution in [1.29, 1.82) is 0 Å². The minimum Gasteiger partial charge on any atom is -0.466 e. The molecule has 0 aliphatic carbocycles. The van der Waals surface area contributed by atoms with E-state index < -0.39 is 0 Å². The van der Waals surface area contributed by atoms with Gasteiger partial charge in [0, 0.05) is 25.4 Å². The first kappa shape index (κ1) is 10.2. The number of H-pyrrole nitrogens is 1. The van der Waals surface area contributed by atoms with Crippen molar-refractivity contribution in [2.75, 3.05) is 0 Å². The Morgan fingerprint density at radius 1 is 1.47 bits per heavy atom. The maximum absolute atomic E-state index is 5.49. The van der Waals surface area contributed by atoms with Gasteiger partial charge in [0.25, 0.3) is 0 Å². The zero-order valence-corrected chi connectivity index (χ0v) is 9.51. The van der Waals surface area contributed by atoms with E-state index in [1.54, 1.807) is 0 Å². The Labute approximate surface area is 93.7 Å². The Hall–Kier alpha value is -1.29. The number of aryl methyl sites for hydroxylation is 3. The normalized spacial score (nSPS) is 10.7. The summed E-state index contributed by atoms with van der Waals surface area (Å²) in [5, 5.41) is 0. The summed E-state index contributed by atoms with van der Waals surface area (Å²) in [5.74, 6) is 2.03. The number of aromatic amines is 1. The Balaban J connectivity index is 1.85. The van der Waals surface area contributed by atoms with Gasteiger partial charge >= 0.3 is 0 Å². The van der Waals surface area contributed by atoms with Crippen LogP contribution in [0.15, 0.2) is 28.9 Å². The molecule has 0 aromatic carbocycles. The molecule has 1 N–H and O–H groups in total. The zero-order valence-electron chi connectivity index (χ0n) is 8.69. The van der Waals surface area contributed by atoms with Gasteiger partial charge < -0.3 is 14.0 Å². The molecule has 2 heterocycles. The van der Waals surface area contributed by atoms with Gasteiger partial charge in [-0.2, -0.15) is 0 Å². The molecule has 0 aliphatic rings. The molecule has 80 valence electrons. The van der Waals surface area contributed by atoms with Crippen molar-refractivity contribution in [2.45, 2.75) is 26.3 Å². The van der Waals surface area contributed by atoms with E-state index in [9.17, 15) is 0 Å². The van der Waals surface area contributed by atoms with Gasteiger partial charge in [-0.05, 0) is 37.7 Å². The molecule has 3 nitrogen and oxygen atoms in total. The molecule has 0 aliphatic heterocycles. The average molecular weight is 222 g/mol. The van der Waals surface area contributed by atoms with Crippen LogP contribution in [0.3, 0.4) is 0 Å². The standard InChI is InChI=1S/C11H14N2OS/c1-9-4-5-10(14-9)3-2-7-13-8-6-12-11(13)15/h4-6,8H,2-3,7H2,1H3,(H,12,15). The largest absolute Gasteiger partial charge is 0.466 e. The summed E-state index contributed by atoms with van der Waals surface area (Å²) in [6, 6.07) is 4.03. The van der Waals surface area contributed by atoms with Crippen LogP contribution in [0.5, 0.6) is 0 Å². The van der Waals surface area contributed by atoms with Crippen molar-refractivity contribution in [3.63, 3.8) is 0 Å². The summed E-state index contributed by atoms with van der Waals surface area (Å²) >= 11 is 5.10. The lowest BCUT2D eigenvalue weighted by Crippen LogP contribution is -1.97. The zero-order chi connectivity index (χ0) is 10.7. The van der Waals surface area contributed by atoms with E-state index in [1.165, 1.54) is 0 Å². The van der Waals surface area contributed by atoms with Gasteiger partial charge in [-0.25, -0.2) is 0 Å². The molecule has 0 spiro atoms. The molecule has 0 saturated heterocycles. The van der Waals surface area contributed by atoms with Crippen LogP contribution < -0.4 is 0 Å². The number of nitrogens with zero attached hydrogens (tertiary/aromatic N) is 1. The van der Waals surface area contributed by atoms with Gasteiger partial charge in [0.15, 0.2) is 4.77 Å². The molecule has 0 saturated carbocycles. The highest BCUT2D eigenvalue weighted by atomic mass is 32.1. The van der Waals surface area contributed by atoms with E-state index in [-0.39, 0.29) is 0 Å². The third-order valence-corrected chi connectivity index (χ3v) is 2.69. The highest BCUT2D eigenvalue weighted by Crippen LogP contribution is 2.09. The summed E-state index contributed by atoms with van der Waals surface area (Å²) in [4.78, 5) is 2.98. The number of rotatable bonds is 4. The van der Waals surface area contributed by atoms with Crippen molar-refractivity contribution in [1.82, 2.24) is 9.55 Å². The second kappa shape index (κ2) is 4.49. The fraction of sp³-hybridized carbons (Fsp3) is 0.364. The fourth-order valence-corrected chi connectivity index (χ4v) is 1.79. The Bertz CT molecular complexity index is 480. The first-order valence-electron chi connectivity index (χ1n) is 5.05. The Morgan fingerprint density at radius 3 is 2.93 bits per heavy atom. The van der Waals surface area contributed by atoms with Crippen molar-refractivity contribution in [2.24, 2.45) is 0 Å². The second-order valence-corrected chi connectivity index (χ2v) is 3.96. The van der Waals surface area contributed by atoms with E-state index in [0.717, 1.165) is 35.7 Å². The molecule has 0 radical (unpaired) electrons. The molecule has 0 bridgehead atoms. The van der Waals surface area contributed by atoms with E-state index >= 15 is 0 Å². The van der Waals surface area contributed by atoms with Gasteiger partial charge in [0.05, 0.1) is 0 Å². The van der Waals surface area contributed by atoms with Gasteiger partial charge in [0.1, 0.15) is 11.5 Å². The number of hydrogen-bond acceptors (Lipinski definition) is 2. The molecular formula is C11H14N2OS. The van der Waals surface area contributed by atoms with Crippen LogP contribution in [-0.4, -0.2) is 9.55 Å². The summed E-state index contributed by atoms with van der Waals surface area (Å²) < 4.78 is 8.31. The molecule has 4 heteroatoms. The Kier molecular flexibility index (Phi) is 3.06. The average Bonchev–Trinajstić information content (AvgIpc) is 2.77. The van der Waals surface area contributed by atoms with Crippen LogP contribution in [0.4, 0.5) is 0 Å². The highest BCUT2D eigenvalue weighted by molar-refractivity contribution is 7.71.